The predicted molar refractivity (Wildman–Crippen MR) is 51.9 cm³/mol. The maximum atomic E-state index is 10.8. The molecule has 0 fully saturated rings. The number of Topliss-reactive ketones (excluding diaryl/α,β-unsaturated/α-hetero) is 1. The van der Waals surface area contributed by atoms with Gasteiger partial charge in [-0.25, -0.2) is 4.79 Å². The topological polar surface area (TPSA) is 74.6 Å². The third kappa shape index (κ3) is 5.48. The molecule has 14 heavy (non-hydrogen) atoms. The first-order chi connectivity index (χ1) is 6.47. The van der Waals surface area contributed by atoms with Crippen molar-refractivity contribution in [3.63, 3.8) is 0 Å². The van der Waals surface area contributed by atoms with E-state index in [-0.39, 0.29) is 30.3 Å². The molecule has 80 valence electrons. The molecule has 1 atom stereocenters. The Morgan fingerprint density at radius 3 is 2.29 bits per heavy atom. The second-order valence-electron chi connectivity index (χ2n) is 3.33. The average Bonchev–Trinajstić information content (AvgIpc) is 2.02. The van der Waals surface area contributed by atoms with Crippen molar-refractivity contribution in [2.75, 3.05) is 6.61 Å². The van der Waals surface area contributed by atoms with Crippen LogP contribution in [0.15, 0.2) is 11.6 Å². The van der Waals surface area contributed by atoms with Crippen molar-refractivity contribution in [3.05, 3.63) is 11.6 Å². The molecule has 0 aromatic rings. The number of aliphatic hydroxyl groups excluding tert-OH is 1. The Bertz CT molecular complexity index is 243. The van der Waals surface area contributed by atoms with Crippen LogP contribution in [0.2, 0.25) is 0 Å². The van der Waals surface area contributed by atoms with E-state index in [1.807, 2.05) is 0 Å². The van der Waals surface area contributed by atoms with Crippen LogP contribution in [0.25, 0.3) is 0 Å². The number of hydrogen-bond donors (Lipinski definition) is 2. The maximum Gasteiger partial charge on any atom is 0.330 e. The maximum absolute atomic E-state index is 10.8. The van der Waals surface area contributed by atoms with Crippen LogP contribution in [-0.2, 0) is 9.59 Å². The molecule has 1 unspecified atom stereocenters. The van der Waals surface area contributed by atoms with Crippen LogP contribution in [0.4, 0.5) is 0 Å². The molecule has 0 rings (SSSR count). The van der Waals surface area contributed by atoms with Crippen molar-refractivity contribution in [1.29, 1.82) is 0 Å². The van der Waals surface area contributed by atoms with Crippen molar-refractivity contribution in [2.24, 2.45) is 5.92 Å². The first-order valence-corrected chi connectivity index (χ1v) is 4.49. The van der Waals surface area contributed by atoms with Gasteiger partial charge in [-0.05, 0) is 26.2 Å². The molecular formula is C10H16O4. The SMILES string of the molecule is CC(=O)CC(C=C(C)C(=O)O)CCO. The van der Waals surface area contributed by atoms with E-state index in [1.54, 1.807) is 0 Å². The van der Waals surface area contributed by atoms with Gasteiger partial charge in [0.05, 0.1) is 0 Å². The molecule has 0 saturated carbocycles. The molecule has 0 aromatic heterocycles. The van der Waals surface area contributed by atoms with Gasteiger partial charge in [-0.2, -0.15) is 0 Å². The number of hydrogen-bond acceptors (Lipinski definition) is 3. The van der Waals surface area contributed by atoms with Gasteiger partial charge in [0, 0.05) is 18.6 Å². The van der Waals surface area contributed by atoms with E-state index in [2.05, 4.69) is 0 Å². The fraction of sp³-hybridized carbons (Fsp3) is 0.600. The van der Waals surface area contributed by atoms with E-state index in [9.17, 15) is 9.59 Å². The minimum atomic E-state index is -0.989. The third-order valence-corrected chi connectivity index (χ3v) is 1.87. The summed E-state index contributed by atoms with van der Waals surface area (Å²) in [5.41, 5.74) is 0.213. The average molecular weight is 200 g/mol. The van der Waals surface area contributed by atoms with Crippen molar-refractivity contribution >= 4 is 11.8 Å². The van der Waals surface area contributed by atoms with Gasteiger partial charge in [0.15, 0.2) is 0 Å². The van der Waals surface area contributed by atoms with Crippen LogP contribution in [0, 0.1) is 5.92 Å². The molecule has 0 radical (unpaired) electrons. The highest BCUT2D eigenvalue weighted by Crippen LogP contribution is 2.13. The largest absolute Gasteiger partial charge is 0.478 e. The number of rotatable bonds is 6. The molecule has 4 nitrogen and oxygen atoms in total. The second kappa shape index (κ2) is 6.32. The molecule has 0 amide bonds. The Hall–Kier alpha value is -1.16. The lowest BCUT2D eigenvalue weighted by atomic mass is 9.97. The van der Waals surface area contributed by atoms with Crippen LogP contribution < -0.4 is 0 Å². The molecular weight excluding hydrogens is 184 g/mol. The molecule has 0 saturated heterocycles. The minimum Gasteiger partial charge on any atom is -0.478 e. The molecule has 0 aliphatic heterocycles. The van der Waals surface area contributed by atoms with E-state index in [4.69, 9.17) is 10.2 Å². The van der Waals surface area contributed by atoms with Crippen LogP contribution >= 0.6 is 0 Å². The summed E-state index contributed by atoms with van der Waals surface area (Å²) in [5, 5.41) is 17.3. The van der Waals surface area contributed by atoms with Crippen LogP contribution in [0.1, 0.15) is 26.7 Å². The quantitative estimate of drug-likeness (QED) is 0.627. The second-order valence-corrected chi connectivity index (χ2v) is 3.33. The van der Waals surface area contributed by atoms with Crippen LogP contribution in [0.3, 0.4) is 0 Å². The lowest BCUT2D eigenvalue weighted by Gasteiger charge is -2.09. The number of allylic oxidation sites excluding steroid dienone is 1. The highest BCUT2D eigenvalue weighted by atomic mass is 16.4. The normalized spacial score (nSPS) is 13.8. The van der Waals surface area contributed by atoms with Crippen molar-refractivity contribution in [2.45, 2.75) is 26.7 Å². The zero-order valence-corrected chi connectivity index (χ0v) is 8.49. The van der Waals surface area contributed by atoms with Gasteiger partial charge in [-0.3, -0.25) is 0 Å². The predicted octanol–water partition coefficient (Wildman–Crippen LogP) is 0.995. The number of ketones is 1. The summed E-state index contributed by atoms with van der Waals surface area (Å²) in [7, 11) is 0. The molecule has 0 bridgehead atoms. The molecule has 0 aromatic carbocycles. The fourth-order valence-corrected chi connectivity index (χ4v) is 1.20. The summed E-state index contributed by atoms with van der Waals surface area (Å²) in [6.07, 6.45) is 2.23. The minimum absolute atomic E-state index is 0.00195. The molecule has 0 aliphatic rings. The molecule has 2 N–H and O–H groups in total. The van der Waals surface area contributed by atoms with E-state index in [0.717, 1.165) is 0 Å². The lowest BCUT2D eigenvalue weighted by molar-refractivity contribution is -0.132. The van der Waals surface area contributed by atoms with Gasteiger partial charge in [0.25, 0.3) is 0 Å². The standard InChI is InChI=1S/C10H16O4/c1-7(10(13)14)5-9(3-4-11)6-8(2)12/h5,9,11H,3-4,6H2,1-2H3,(H,13,14). The number of carbonyl (C=O) groups excluding carboxylic acids is 1. The lowest BCUT2D eigenvalue weighted by Crippen LogP contribution is -2.08. The highest BCUT2D eigenvalue weighted by molar-refractivity contribution is 5.86. The van der Waals surface area contributed by atoms with Crippen molar-refractivity contribution in [1.82, 2.24) is 0 Å². The van der Waals surface area contributed by atoms with Crippen LogP contribution in [0.5, 0.6) is 0 Å². The fourth-order valence-electron chi connectivity index (χ4n) is 1.20. The van der Waals surface area contributed by atoms with E-state index in [1.165, 1.54) is 19.9 Å². The molecule has 0 heterocycles. The summed E-state index contributed by atoms with van der Waals surface area (Å²) >= 11 is 0. The molecule has 0 aliphatic carbocycles. The highest BCUT2D eigenvalue weighted by Gasteiger charge is 2.10. The monoisotopic (exact) mass is 200 g/mol. The van der Waals surface area contributed by atoms with Gasteiger partial charge in [0.2, 0.25) is 0 Å². The van der Waals surface area contributed by atoms with Crippen LogP contribution in [-0.4, -0.2) is 28.6 Å². The zero-order chi connectivity index (χ0) is 11.1. The van der Waals surface area contributed by atoms with E-state index in [0.29, 0.717) is 6.42 Å². The van der Waals surface area contributed by atoms with Gasteiger partial charge in [-0.1, -0.05) is 6.08 Å². The first kappa shape index (κ1) is 12.8. The summed E-state index contributed by atoms with van der Waals surface area (Å²) in [4.78, 5) is 21.3. The third-order valence-electron chi connectivity index (χ3n) is 1.87. The van der Waals surface area contributed by atoms with E-state index < -0.39 is 5.97 Å². The summed E-state index contributed by atoms with van der Waals surface area (Å²) in [6, 6.07) is 0. The number of carboxylic acid groups (broad SMARTS) is 1. The van der Waals surface area contributed by atoms with Gasteiger partial charge < -0.3 is 15.0 Å². The van der Waals surface area contributed by atoms with Gasteiger partial charge >= 0.3 is 5.97 Å². The van der Waals surface area contributed by atoms with Gasteiger partial charge in [0.1, 0.15) is 5.78 Å². The van der Waals surface area contributed by atoms with Crippen molar-refractivity contribution < 1.29 is 19.8 Å². The Labute approximate surface area is 83.2 Å². The number of carbonyl (C=O) groups is 2. The summed E-state index contributed by atoms with van der Waals surface area (Å²) in [6.45, 7) is 2.89. The summed E-state index contributed by atoms with van der Waals surface area (Å²) < 4.78 is 0. The Kier molecular flexibility index (Phi) is 5.79. The van der Waals surface area contributed by atoms with E-state index >= 15 is 0 Å². The number of aliphatic carboxylic acids is 1. The number of aliphatic hydroxyl groups is 1. The zero-order valence-electron chi connectivity index (χ0n) is 8.49. The smallest absolute Gasteiger partial charge is 0.330 e. The Morgan fingerprint density at radius 1 is 1.36 bits per heavy atom. The van der Waals surface area contributed by atoms with Crippen molar-refractivity contribution in [3.8, 4) is 0 Å². The molecule has 4 heteroatoms. The Morgan fingerprint density at radius 2 is 1.93 bits per heavy atom. The first-order valence-electron chi connectivity index (χ1n) is 4.49. The summed E-state index contributed by atoms with van der Waals surface area (Å²) in [5.74, 6) is -1.16. The number of carboxylic acids is 1. The molecule has 0 spiro atoms. The van der Waals surface area contributed by atoms with Gasteiger partial charge in [-0.15, -0.1) is 0 Å². The Balaban J connectivity index is 4.41.